The summed E-state index contributed by atoms with van der Waals surface area (Å²) in [4.78, 5) is 0. The van der Waals surface area contributed by atoms with Crippen LogP contribution in [0.15, 0.2) is 24.3 Å². The number of ether oxygens (including phenoxy) is 1. The van der Waals surface area contributed by atoms with Crippen LogP contribution in [0.2, 0.25) is 0 Å². The number of aryl methyl sites for hydroxylation is 1. The van der Waals surface area contributed by atoms with Crippen LogP contribution in [-0.2, 0) is 17.6 Å². The van der Waals surface area contributed by atoms with Crippen LogP contribution in [-0.4, -0.2) is 26.3 Å². The Labute approximate surface area is 112 Å². The van der Waals surface area contributed by atoms with Crippen LogP contribution in [0.1, 0.15) is 37.8 Å². The Morgan fingerprint density at radius 1 is 1.11 bits per heavy atom. The van der Waals surface area contributed by atoms with Crippen molar-refractivity contribution in [3.8, 4) is 0 Å². The molecule has 0 aliphatic heterocycles. The molecule has 1 aromatic carbocycles. The van der Waals surface area contributed by atoms with Crippen molar-refractivity contribution < 1.29 is 4.74 Å². The quantitative estimate of drug-likeness (QED) is 0.764. The molecule has 2 atom stereocenters. The Kier molecular flexibility index (Phi) is 6.99. The van der Waals surface area contributed by atoms with Crippen LogP contribution in [0.4, 0.5) is 0 Å². The number of benzene rings is 1. The zero-order valence-electron chi connectivity index (χ0n) is 12.2. The first-order valence-electron chi connectivity index (χ1n) is 7.03. The van der Waals surface area contributed by atoms with Gasteiger partial charge < -0.3 is 10.1 Å². The van der Waals surface area contributed by atoms with Crippen molar-refractivity contribution in [2.45, 2.75) is 51.7 Å². The molecule has 0 amide bonds. The molecule has 0 fully saturated rings. The van der Waals surface area contributed by atoms with E-state index < -0.39 is 0 Å². The van der Waals surface area contributed by atoms with Gasteiger partial charge in [0.05, 0.1) is 6.10 Å². The van der Waals surface area contributed by atoms with Gasteiger partial charge in [-0.2, -0.15) is 0 Å². The van der Waals surface area contributed by atoms with E-state index in [9.17, 15) is 0 Å². The predicted molar refractivity (Wildman–Crippen MR) is 78.1 cm³/mol. The average Bonchev–Trinajstić information content (AvgIpc) is 2.43. The fraction of sp³-hybridized carbons (Fsp3) is 0.625. The molecule has 18 heavy (non-hydrogen) atoms. The highest BCUT2D eigenvalue weighted by atomic mass is 16.5. The molecular formula is C16H27NO. The lowest BCUT2D eigenvalue weighted by Crippen LogP contribution is -2.40. The van der Waals surface area contributed by atoms with Crippen molar-refractivity contribution in [2.24, 2.45) is 0 Å². The molecule has 1 rings (SSSR count). The summed E-state index contributed by atoms with van der Waals surface area (Å²) >= 11 is 0. The maximum atomic E-state index is 5.60. The van der Waals surface area contributed by atoms with E-state index >= 15 is 0 Å². The molecule has 0 bridgehead atoms. The molecule has 1 N–H and O–H groups in total. The minimum atomic E-state index is 0.297. The van der Waals surface area contributed by atoms with Crippen molar-refractivity contribution in [1.82, 2.24) is 5.32 Å². The molecule has 0 aromatic heterocycles. The molecule has 1 aromatic rings. The Balaban J connectivity index is 2.65. The van der Waals surface area contributed by atoms with Gasteiger partial charge in [-0.15, -0.1) is 0 Å². The predicted octanol–water partition coefficient (Wildman–Crippen LogP) is 3.19. The number of hydrogen-bond acceptors (Lipinski definition) is 2. The average molecular weight is 249 g/mol. The van der Waals surface area contributed by atoms with Gasteiger partial charge in [0.15, 0.2) is 0 Å². The molecule has 102 valence electrons. The minimum absolute atomic E-state index is 0.297. The van der Waals surface area contributed by atoms with Gasteiger partial charge in [0.2, 0.25) is 0 Å². The molecule has 2 unspecified atom stereocenters. The summed E-state index contributed by atoms with van der Waals surface area (Å²) in [7, 11) is 3.83. The highest BCUT2D eigenvalue weighted by molar-refractivity contribution is 5.23. The standard InChI is InChI=1S/C16H27NO/c1-5-7-16(18-4)15(17-3)12-14-10-8-13(6-2)9-11-14/h8-11,15-17H,5-7,12H2,1-4H3. The molecule has 2 nitrogen and oxygen atoms in total. The largest absolute Gasteiger partial charge is 0.380 e. The lowest BCUT2D eigenvalue weighted by atomic mass is 9.97. The summed E-state index contributed by atoms with van der Waals surface area (Å²) in [6.45, 7) is 4.39. The van der Waals surface area contributed by atoms with E-state index in [0.717, 1.165) is 25.7 Å². The summed E-state index contributed by atoms with van der Waals surface area (Å²) in [5.41, 5.74) is 2.78. The summed E-state index contributed by atoms with van der Waals surface area (Å²) in [6, 6.07) is 9.32. The Morgan fingerprint density at radius 2 is 1.72 bits per heavy atom. The van der Waals surface area contributed by atoms with E-state index in [1.54, 1.807) is 0 Å². The molecule has 0 spiro atoms. The zero-order chi connectivity index (χ0) is 13.4. The van der Waals surface area contributed by atoms with Crippen molar-refractivity contribution in [3.05, 3.63) is 35.4 Å². The van der Waals surface area contributed by atoms with Gasteiger partial charge in [-0.05, 0) is 37.4 Å². The smallest absolute Gasteiger partial charge is 0.0727 e. The SMILES string of the molecule is CCCC(OC)C(Cc1ccc(CC)cc1)NC. The maximum absolute atomic E-state index is 5.60. The van der Waals surface area contributed by atoms with Crippen molar-refractivity contribution >= 4 is 0 Å². The second-order valence-corrected chi connectivity index (χ2v) is 4.83. The third-order valence-electron chi connectivity index (χ3n) is 3.58. The van der Waals surface area contributed by atoms with E-state index in [0.29, 0.717) is 12.1 Å². The zero-order valence-corrected chi connectivity index (χ0v) is 12.2. The molecule has 0 radical (unpaired) electrons. The molecule has 0 saturated heterocycles. The summed E-state index contributed by atoms with van der Waals surface area (Å²) in [6.07, 6.45) is 4.69. The summed E-state index contributed by atoms with van der Waals surface area (Å²) in [5, 5.41) is 3.39. The molecule has 0 saturated carbocycles. The van der Waals surface area contributed by atoms with E-state index in [4.69, 9.17) is 4.74 Å². The lowest BCUT2D eigenvalue weighted by Gasteiger charge is -2.25. The second-order valence-electron chi connectivity index (χ2n) is 4.83. The van der Waals surface area contributed by atoms with Crippen LogP contribution >= 0.6 is 0 Å². The van der Waals surface area contributed by atoms with Crippen LogP contribution < -0.4 is 5.32 Å². The number of nitrogens with one attached hydrogen (secondary N) is 1. The number of likely N-dealkylation sites (N-methyl/N-ethyl adjacent to an activating group) is 1. The van der Waals surface area contributed by atoms with Crippen molar-refractivity contribution in [2.75, 3.05) is 14.2 Å². The highest BCUT2D eigenvalue weighted by Crippen LogP contribution is 2.13. The van der Waals surface area contributed by atoms with E-state index in [1.165, 1.54) is 11.1 Å². The molecule has 0 aliphatic carbocycles. The number of methoxy groups -OCH3 is 1. The molecule has 2 heteroatoms. The second kappa shape index (κ2) is 8.28. The van der Waals surface area contributed by atoms with Gasteiger partial charge in [0.25, 0.3) is 0 Å². The third kappa shape index (κ3) is 4.43. The normalized spacial score (nSPS) is 14.4. The fourth-order valence-corrected chi connectivity index (χ4v) is 2.35. The monoisotopic (exact) mass is 249 g/mol. The molecule has 0 heterocycles. The van der Waals surface area contributed by atoms with E-state index in [-0.39, 0.29) is 0 Å². The fourth-order valence-electron chi connectivity index (χ4n) is 2.35. The van der Waals surface area contributed by atoms with Gasteiger partial charge in [-0.3, -0.25) is 0 Å². The first-order valence-corrected chi connectivity index (χ1v) is 7.03. The van der Waals surface area contributed by atoms with Crippen LogP contribution in [0, 0.1) is 0 Å². The Morgan fingerprint density at radius 3 is 2.17 bits per heavy atom. The highest BCUT2D eigenvalue weighted by Gasteiger charge is 2.18. The van der Waals surface area contributed by atoms with Crippen molar-refractivity contribution in [3.63, 3.8) is 0 Å². The topological polar surface area (TPSA) is 21.3 Å². The Bertz CT molecular complexity index is 320. The number of rotatable bonds is 8. The molecular weight excluding hydrogens is 222 g/mol. The number of hydrogen-bond donors (Lipinski definition) is 1. The van der Waals surface area contributed by atoms with Gasteiger partial charge in [-0.25, -0.2) is 0 Å². The van der Waals surface area contributed by atoms with Crippen LogP contribution in [0.25, 0.3) is 0 Å². The van der Waals surface area contributed by atoms with Gasteiger partial charge in [-0.1, -0.05) is 44.5 Å². The lowest BCUT2D eigenvalue weighted by molar-refractivity contribution is 0.0633. The summed E-state index contributed by atoms with van der Waals surface area (Å²) < 4.78 is 5.60. The molecule has 0 aliphatic rings. The van der Waals surface area contributed by atoms with Gasteiger partial charge in [0.1, 0.15) is 0 Å². The van der Waals surface area contributed by atoms with Gasteiger partial charge in [0, 0.05) is 13.2 Å². The summed E-state index contributed by atoms with van der Waals surface area (Å²) in [5.74, 6) is 0. The first-order chi connectivity index (χ1) is 8.74. The van der Waals surface area contributed by atoms with E-state index in [2.05, 4.69) is 43.4 Å². The minimum Gasteiger partial charge on any atom is -0.380 e. The van der Waals surface area contributed by atoms with Crippen LogP contribution in [0.5, 0.6) is 0 Å². The van der Waals surface area contributed by atoms with E-state index in [1.807, 2.05) is 14.2 Å². The van der Waals surface area contributed by atoms with Gasteiger partial charge >= 0.3 is 0 Å². The third-order valence-corrected chi connectivity index (χ3v) is 3.58. The maximum Gasteiger partial charge on any atom is 0.0727 e. The van der Waals surface area contributed by atoms with Crippen LogP contribution in [0.3, 0.4) is 0 Å². The Hall–Kier alpha value is -0.860. The first kappa shape index (κ1) is 15.2. The van der Waals surface area contributed by atoms with Crippen molar-refractivity contribution in [1.29, 1.82) is 0 Å².